The summed E-state index contributed by atoms with van der Waals surface area (Å²) in [4.78, 5) is 29.0. The molecule has 8 nitrogen and oxygen atoms in total. The summed E-state index contributed by atoms with van der Waals surface area (Å²) in [5.41, 5.74) is 1.47. The van der Waals surface area contributed by atoms with E-state index in [1.165, 1.54) is 31.0 Å². The van der Waals surface area contributed by atoms with Crippen LogP contribution in [-0.4, -0.2) is 22.5 Å². The average Bonchev–Trinajstić information content (AvgIpc) is 3.05. The van der Waals surface area contributed by atoms with Crippen molar-refractivity contribution in [2.24, 2.45) is 14.1 Å². The van der Waals surface area contributed by atoms with Gasteiger partial charge in [0.25, 0.3) is 15.6 Å². The number of hydrogen-bond donors (Lipinski definition) is 1. The topological polar surface area (TPSA) is 103 Å². The lowest BCUT2D eigenvalue weighted by Crippen LogP contribution is -2.40. The number of aryl methyl sites for hydroxylation is 3. The van der Waals surface area contributed by atoms with Crippen molar-refractivity contribution in [3.8, 4) is 11.3 Å². The van der Waals surface area contributed by atoms with E-state index in [2.05, 4.69) is 9.71 Å². The van der Waals surface area contributed by atoms with Crippen LogP contribution in [0.3, 0.4) is 0 Å². The van der Waals surface area contributed by atoms with Gasteiger partial charge >= 0.3 is 5.69 Å². The molecule has 0 saturated carbocycles. The molecule has 3 aromatic rings. The number of sulfonamides is 1. The minimum absolute atomic E-state index is 0.201. The summed E-state index contributed by atoms with van der Waals surface area (Å²) < 4.78 is 29.7. The number of nitrogens with one attached hydrogen (secondary N) is 1. The predicted octanol–water partition coefficient (Wildman–Crippen LogP) is 1.11. The number of fused-ring (bicyclic) bond motifs is 3. The monoisotopic (exact) mass is 404 g/mol. The Morgan fingerprint density at radius 1 is 1.15 bits per heavy atom. The fraction of sp³-hybridized carbons (Fsp3) is 0.235. The molecule has 0 amide bonds. The molecule has 1 aliphatic rings. The highest BCUT2D eigenvalue weighted by Gasteiger charge is 2.25. The van der Waals surface area contributed by atoms with E-state index in [1.54, 1.807) is 0 Å². The van der Waals surface area contributed by atoms with E-state index in [0.717, 1.165) is 44.3 Å². The van der Waals surface area contributed by atoms with Crippen molar-refractivity contribution in [1.29, 1.82) is 0 Å². The second-order valence-electron chi connectivity index (χ2n) is 6.30. The number of anilines is 1. The maximum Gasteiger partial charge on any atom is 0.330 e. The lowest BCUT2D eigenvalue weighted by molar-refractivity contribution is 0.589. The lowest BCUT2D eigenvalue weighted by atomic mass is 9.94. The van der Waals surface area contributed by atoms with Crippen LogP contribution in [0.5, 0.6) is 0 Å². The van der Waals surface area contributed by atoms with Crippen LogP contribution in [0, 0.1) is 0 Å². The summed E-state index contributed by atoms with van der Waals surface area (Å²) >= 11 is 1.26. The Kier molecular flexibility index (Phi) is 4.04. The summed E-state index contributed by atoms with van der Waals surface area (Å²) in [6.45, 7) is 0. The number of aromatic nitrogens is 3. The summed E-state index contributed by atoms with van der Waals surface area (Å²) in [5.74, 6) is 0. The van der Waals surface area contributed by atoms with Crippen LogP contribution < -0.4 is 16.0 Å². The van der Waals surface area contributed by atoms with Crippen molar-refractivity contribution in [2.45, 2.75) is 17.7 Å². The summed E-state index contributed by atoms with van der Waals surface area (Å²) in [6.07, 6.45) is 2.68. The number of benzene rings is 1. The van der Waals surface area contributed by atoms with Crippen molar-refractivity contribution >= 4 is 26.5 Å². The summed E-state index contributed by atoms with van der Waals surface area (Å²) in [5, 5.41) is 0.201. The highest BCUT2D eigenvalue weighted by molar-refractivity contribution is 7.93. The standard InChI is InChI=1S/C17H16N4O4S2/c1-20-9-13(15(22)21(2)17(20)23)27(24,25)19-16-18-14-11-6-4-3-5-10(11)7-8-12(14)26-16/h3-6,9H,7-8H2,1-2H3,(H,18,19). The molecule has 0 spiro atoms. The molecule has 0 atom stereocenters. The van der Waals surface area contributed by atoms with Crippen LogP contribution in [0.15, 0.2) is 44.9 Å². The van der Waals surface area contributed by atoms with E-state index in [4.69, 9.17) is 0 Å². The molecule has 0 saturated heterocycles. The largest absolute Gasteiger partial charge is 0.330 e. The van der Waals surface area contributed by atoms with Crippen molar-refractivity contribution in [3.63, 3.8) is 0 Å². The van der Waals surface area contributed by atoms with E-state index >= 15 is 0 Å². The van der Waals surface area contributed by atoms with Gasteiger partial charge in [0.1, 0.15) is 0 Å². The van der Waals surface area contributed by atoms with Crippen molar-refractivity contribution in [1.82, 2.24) is 14.1 Å². The molecule has 0 unspecified atom stereocenters. The van der Waals surface area contributed by atoms with Gasteiger partial charge in [0, 0.05) is 30.7 Å². The van der Waals surface area contributed by atoms with Crippen LogP contribution in [0.1, 0.15) is 10.4 Å². The summed E-state index contributed by atoms with van der Waals surface area (Å²) in [7, 11) is -1.55. The number of thiazole rings is 1. The first kappa shape index (κ1) is 17.7. The Hall–Kier alpha value is -2.72. The van der Waals surface area contributed by atoms with Crippen LogP contribution in [-0.2, 0) is 37.0 Å². The van der Waals surface area contributed by atoms with E-state index in [0.29, 0.717) is 0 Å². The molecule has 10 heteroatoms. The molecule has 0 radical (unpaired) electrons. The minimum atomic E-state index is -4.18. The molecular formula is C17H16N4O4S2. The Bertz CT molecular complexity index is 1280. The van der Waals surface area contributed by atoms with Crippen LogP contribution in [0.25, 0.3) is 11.3 Å². The third-order valence-electron chi connectivity index (χ3n) is 4.52. The second-order valence-corrected chi connectivity index (χ2v) is 9.04. The van der Waals surface area contributed by atoms with Gasteiger partial charge in [-0.3, -0.25) is 14.1 Å². The molecule has 2 aromatic heterocycles. The SMILES string of the molecule is Cn1cc(S(=O)(=O)Nc2nc3c(s2)CCc2ccccc2-3)c(=O)n(C)c1=O. The molecule has 27 heavy (non-hydrogen) atoms. The molecule has 0 aliphatic heterocycles. The molecule has 2 heterocycles. The zero-order chi connectivity index (χ0) is 19.3. The van der Waals surface area contributed by atoms with Gasteiger partial charge < -0.3 is 4.57 Å². The number of nitrogens with zero attached hydrogens (tertiary/aromatic N) is 3. The molecule has 1 N–H and O–H groups in total. The van der Waals surface area contributed by atoms with Gasteiger partial charge in [-0.05, 0) is 18.4 Å². The quantitative estimate of drug-likeness (QED) is 0.704. The highest BCUT2D eigenvalue weighted by Crippen LogP contribution is 2.38. The van der Waals surface area contributed by atoms with E-state index in [1.807, 2.05) is 24.3 Å². The average molecular weight is 404 g/mol. The zero-order valence-electron chi connectivity index (χ0n) is 14.6. The maximum absolute atomic E-state index is 12.7. The first-order valence-electron chi connectivity index (χ1n) is 8.15. The molecule has 1 aromatic carbocycles. The normalized spacial score (nSPS) is 13.1. The number of hydrogen-bond acceptors (Lipinski definition) is 6. The highest BCUT2D eigenvalue weighted by atomic mass is 32.2. The zero-order valence-corrected chi connectivity index (χ0v) is 16.2. The van der Waals surface area contributed by atoms with Gasteiger partial charge in [-0.1, -0.05) is 24.3 Å². The van der Waals surface area contributed by atoms with Gasteiger partial charge in [-0.25, -0.2) is 18.2 Å². The van der Waals surface area contributed by atoms with Gasteiger partial charge in [0.05, 0.1) is 5.69 Å². The molecule has 0 bridgehead atoms. The van der Waals surface area contributed by atoms with Gasteiger partial charge in [0.15, 0.2) is 10.0 Å². The van der Waals surface area contributed by atoms with Crippen molar-refractivity contribution < 1.29 is 8.42 Å². The second kappa shape index (κ2) is 6.17. The number of rotatable bonds is 3. The first-order chi connectivity index (χ1) is 12.8. The first-order valence-corrected chi connectivity index (χ1v) is 10.5. The Labute approximate surface area is 158 Å². The minimum Gasteiger partial charge on any atom is -0.302 e. The van der Waals surface area contributed by atoms with Gasteiger partial charge in [-0.2, -0.15) is 0 Å². The molecule has 4 rings (SSSR count). The molecule has 0 fully saturated rings. The summed E-state index contributed by atoms with van der Waals surface area (Å²) in [6, 6.07) is 7.89. The lowest BCUT2D eigenvalue weighted by Gasteiger charge is -2.13. The van der Waals surface area contributed by atoms with Crippen molar-refractivity contribution in [2.75, 3.05) is 4.72 Å². The third-order valence-corrected chi connectivity index (χ3v) is 7.00. The molecule has 1 aliphatic carbocycles. The van der Waals surface area contributed by atoms with E-state index < -0.39 is 26.2 Å². The predicted molar refractivity (Wildman–Crippen MR) is 103 cm³/mol. The Morgan fingerprint density at radius 3 is 2.67 bits per heavy atom. The maximum atomic E-state index is 12.7. The molecule has 140 valence electrons. The van der Waals surface area contributed by atoms with Crippen LogP contribution in [0.4, 0.5) is 5.13 Å². The third kappa shape index (κ3) is 2.90. The fourth-order valence-corrected chi connectivity index (χ4v) is 5.49. The smallest absolute Gasteiger partial charge is 0.302 e. The van der Waals surface area contributed by atoms with Gasteiger partial charge in [0.2, 0.25) is 0 Å². The van der Waals surface area contributed by atoms with E-state index in [-0.39, 0.29) is 5.13 Å². The Morgan fingerprint density at radius 2 is 1.89 bits per heavy atom. The van der Waals surface area contributed by atoms with Crippen LogP contribution >= 0.6 is 11.3 Å². The Balaban J connectivity index is 1.75. The molecular weight excluding hydrogens is 388 g/mol. The van der Waals surface area contributed by atoms with E-state index in [9.17, 15) is 18.0 Å². The fourth-order valence-electron chi connectivity index (χ4n) is 3.12. The van der Waals surface area contributed by atoms with Crippen LogP contribution in [0.2, 0.25) is 0 Å². The van der Waals surface area contributed by atoms with Gasteiger partial charge in [-0.15, -0.1) is 11.3 Å². The van der Waals surface area contributed by atoms with Crippen molar-refractivity contribution in [3.05, 3.63) is 61.7 Å².